The van der Waals surface area contributed by atoms with Crippen LogP contribution in [0.3, 0.4) is 0 Å². The predicted octanol–water partition coefficient (Wildman–Crippen LogP) is 0.811. The van der Waals surface area contributed by atoms with Crippen molar-refractivity contribution in [1.82, 2.24) is 0 Å². The van der Waals surface area contributed by atoms with E-state index in [4.69, 9.17) is 4.74 Å². The number of cyclic esters (lactones) is 1. The van der Waals surface area contributed by atoms with E-state index in [-0.39, 0.29) is 12.5 Å². The van der Waals surface area contributed by atoms with Crippen LogP contribution in [0.2, 0.25) is 0 Å². The van der Waals surface area contributed by atoms with Crippen molar-refractivity contribution in [2.24, 2.45) is 0 Å². The number of carbonyl (C=O) groups is 2. The van der Waals surface area contributed by atoms with Crippen LogP contribution >= 0.6 is 0 Å². The summed E-state index contributed by atoms with van der Waals surface area (Å²) >= 11 is 0. The van der Waals surface area contributed by atoms with Crippen molar-refractivity contribution in [1.29, 1.82) is 0 Å². The lowest BCUT2D eigenvalue weighted by Crippen LogP contribution is -2.08. The van der Waals surface area contributed by atoms with Crippen molar-refractivity contribution < 1.29 is 19.1 Å². The van der Waals surface area contributed by atoms with E-state index < -0.39 is 11.9 Å². The van der Waals surface area contributed by atoms with Gasteiger partial charge in [0.15, 0.2) is 0 Å². The van der Waals surface area contributed by atoms with E-state index in [9.17, 15) is 9.59 Å². The third kappa shape index (κ3) is 1.88. The zero-order valence-electron chi connectivity index (χ0n) is 7.92. The van der Waals surface area contributed by atoms with Gasteiger partial charge in [-0.05, 0) is 19.4 Å². The van der Waals surface area contributed by atoms with Gasteiger partial charge in [-0.3, -0.25) is 4.79 Å². The second-order valence-electron chi connectivity index (χ2n) is 2.96. The topological polar surface area (TPSA) is 52.6 Å². The van der Waals surface area contributed by atoms with Crippen molar-refractivity contribution in [2.75, 3.05) is 7.11 Å². The van der Waals surface area contributed by atoms with Crippen LogP contribution in [0.5, 0.6) is 0 Å². The minimum absolute atomic E-state index is 0.00546. The molecule has 1 atom stereocenters. The zero-order chi connectivity index (χ0) is 10.0. The Morgan fingerprint density at radius 3 is 2.62 bits per heavy atom. The van der Waals surface area contributed by atoms with Gasteiger partial charge in [0.1, 0.15) is 6.10 Å². The summed E-state index contributed by atoms with van der Waals surface area (Å²) < 4.78 is 9.37. The third-order valence-electron chi connectivity index (χ3n) is 2.16. The first-order valence-corrected chi connectivity index (χ1v) is 4.03. The van der Waals surface area contributed by atoms with Gasteiger partial charge in [0.05, 0.1) is 19.1 Å². The monoisotopic (exact) mass is 184 g/mol. The van der Waals surface area contributed by atoms with E-state index in [1.807, 2.05) is 0 Å². The lowest BCUT2D eigenvalue weighted by atomic mass is 10.1. The fraction of sp³-hybridized carbons (Fsp3) is 0.556. The lowest BCUT2D eigenvalue weighted by Gasteiger charge is -2.00. The summed E-state index contributed by atoms with van der Waals surface area (Å²) in [6, 6.07) is 0. The van der Waals surface area contributed by atoms with Gasteiger partial charge in [0, 0.05) is 0 Å². The second kappa shape index (κ2) is 3.60. The van der Waals surface area contributed by atoms with Crippen LogP contribution in [0.4, 0.5) is 0 Å². The second-order valence-corrected chi connectivity index (χ2v) is 2.96. The van der Waals surface area contributed by atoms with Gasteiger partial charge < -0.3 is 9.47 Å². The Balaban J connectivity index is 2.78. The molecule has 0 aliphatic carbocycles. The Kier molecular flexibility index (Phi) is 2.70. The number of methoxy groups -OCH3 is 1. The highest BCUT2D eigenvalue weighted by Crippen LogP contribution is 2.24. The molecule has 0 amide bonds. The van der Waals surface area contributed by atoms with Crippen LogP contribution in [0.25, 0.3) is 0 Å². The van der Waals surface area contributed by atoms with Crippen LogP contribution < -0.4 is 0 Å². The van der Waals surface area contributed by atoms with Gasteiger partial charge in [-0.15, -0.1) is 0 Å². The molecular weight excluding hydrogens is 172 g/mol. The molecule has 0 saturated heterocycles. The molecule has 0 aromatic heterocycles. The minimum atomic E-state index is -0.416. The van der Waals surface area contributed by atoms with Crippen LogP contribution in [0.1, 0.15) is 20.3 Å². The van der Waals surface area contributed by atoms with E-state index in [1.54, 1.807) is 13.8 Å². The first-order chi connectivity index (χ1) is 6.06. The maximum Gasteiger partial charge on any atom is 0.335 e. The average Bonchev–Trinajstić information content (AvgIpc) is 2.32. The maximum absolute atomic E-state index is 11.2. The molecule has 0 saturated carbocycles. The Labute approximate surface area is 76.5 Å². The fourth-order valence-corrected chi connectivity index (χ4v) is 1.15. The summed E-state index contributed by atoms with van der Waals surface area (Å²) in [4.78, 5) is 22.1. The van der Waals surface area contributed by atoms with Gasteiger partial charge in [0.25, 0.3) is 0 Å². The van der Waals surface area contributed by atoms with Gasteiger partial charge >= 0.3 is 11.9 Å². The number of ether oxygens (including phenoxy) is 2. The highest BCUT2D eigenvalue weighted by molar-refractivity contribution is 5.96. The molecule has 4 nitrogen and oxygen atoms in total. The van der Waals surface area contributed by atoms with Crippen molar-refractivity contribution in [3.8, 4) is 0 Å². The Morgan fingerprint density at radius 2 is 2.23 bits per heavy atom. The lowest BCUT2D eigenvalue weighted by molar-refractivity contribution is -0.144. The summed E-state index contributed by atoms with van der Waals surface area (Å²) in [7, 11) is 1.29. The standard InChI is InChI=1S/C9H12O4/c1-5-6(2)13-9(11)7(5)4-8(10)12-3/h6H,4H2,1-3H3/t6-/m0/s1. The van der Waals surface area contributed by atoms with Gasteiger partial charge in [-0.2, -0.15) is 0 Å². The molecule has 0 unspecified atom stereocenters. The number of carbonyl (C=O) groups excluding carboxylic acids is 2. The van der Waals surface area contributed by atoms with E-state index >= 15 is 0 Å². The number of hydrogen-bond acceptors (Lipinski definition) is 4. The van der Waals surface area contributed by atoms with Crippen molar-refractivity contribution in [2.45, 2.75) is 26.4 Å². The Bertz CT molecular complexity index is 277. The smallest absolute Gasteiger partial charge is 0.335 e. The van der Waals surface area contributed by atoms with Crippen LogP contribution in [-0.4, -0.2) is 25.2 Å². The Morgan fingerprint density at radius 1 is 1.62 bits per heavy atom. The van der Waals surface area contributed by atoms with E-state index in [0.717, 1.165) is 5.57 Å². The highest BCUT2D eigenvalue weighted by atomic mass is 16.5. The molecule has 0 N–H and O–H groups in total. The molecule has 0 bridgehead atoms. The van der Waals surface area contributed by atoms with Gasteiger partial charge in [-0.25, -0.2) is 4.79 Å². The molecule has 0 spiro atoms. The minimum Gasteiger partial charge on any atom is -0.469 e. The fourth-order valence-electron chi connectivity index (χ4n) is 1.15. The van der Waals surface area contributed by atoms with Crippen molar-refractivity contribution in [3.63, 3.8) is 0 Å². The first kappa shape index (κ1) is 9.77. The highest BCUT2D eigenvalue weighted by Gasteiger charge is 2.29. The van der Waals surface area contributed by atoms with Crippen molar-refractivity contribution in [3.05, 3.63) is 11.1 Å². The molecule has 0 aromatic rings. The molecule has 1 aliphatic heterocycles. The number of rotatable bonds is 2. The summed E-state index contributed by atoms with van der Waals surface area (Å²) in [6.07, 6.45) is -0.210. The molecule has 1 aliphatic rings. The summed E-state index contributed by atoms with van der Waals surface area (Å²) in [6.45, 7) is 3.56. The normalized spacial score (nSPS) is 21.8. The van der Waals surface area contributed by atoms with Gasteiger partial charge in [-0.1, -0.05) is 0 Å². The molecule has 1 heterocycles. The zero-order valence-corrected chi connectivity index (χ0v) is 7.92. The van der Waals surface area contributed by atoms with Crippen LogP contribution in [0.15, 0.2) is 11.1 Å². The van der Waals surface area contributed by atoms with Crippen LogP contribution in [-0.2, 0) is 19.1 Å². The van der Waals surface area contributed by atoms with E-state index in [2.05, 4.69) is 4.74 Å². The maximum atomic E-state index is 11.2. The molecular formula is C9H12O4. The molecule has 4 heteroatoms. The SMILES string of the molecule is COC(=O)CC1=C(C)[C@H](C)OC1=O. The van der Waals surface area contributed by atoms with Crippen LogP contribution in [0, 0.1) is 0 Å². The van der Waals surface area contributed by atoms with E-state index in [0.29, 0.717) is 5.57 Å². The average molecular weight is 184 g/mol. The summed E-state index contributed by atoms with van der Waals surface area (Å²) in [5.74, 6) is -0.823. The summed E-state index contributed by atoms with van der Waals surface area (Å²) in [5.41, 5.74) is 1.25. The van der Waals surface area contributed by atoms with Crippen molar-refractivity contribution >= 4 is 11.9 Å². The third-order valence-corrected chi connectivity index (χ3v) is 2.16. The summed E-state index contributed by atoms with van der Waals surface area (Å²) in [5, 5.41) is 0. The molecule has 0 fully saturated rings. The Hall–Kier alpha value is -1.32. The number of esters is 2. The first-order valence-electron chi connectivity index (χ1n) is 4.03. The quantitative estimate of drug-likeness (QED) is 0.596. The molecule has 13 heavy (non-hydrogen) atoms. The molecule has 0 aromatic carbocycles. The van der Waals surface area contributed by atoms with Gasteiger partial charge in [0.2, 0.25) is 0 Å². The molecule has 0 radical (unpaired) electrons. The molecule has 1 rings (SSSR count). The molecule has 72 valence electrons. The van der Waals surface area contributed by atoms with E-state index in [1.165, 1.54) is 7.11 Å². The predicted molar refractivity (Wildman–Crippen MR) is 44.9 cm³/mol. The largest absolute Gasteiger partial charge is 0.469 e. The number of hydrogen-bond donors (Lipinski definition) is 0.